The fourth-order valence-corrected chi connectivity index (χ4v) is 2.82. The van der Waals surface area contributed by atoms with Gasteiger partial charge in [0, 0.05) is 6.42 Å². The van der Waals surface area contributed by atoms with E-state index in [-0.39, 0.29) is 11.1 Å². The number of nitrogens with zero attached hydrogens (tertiary/aromatic N) is 2. The maximum absolute atomic E-state index is 12.3. The number of esters is 1. The molecule has 1 aromatic carbocycles. The second-order valence-corrected chi connectivity index (χ2v) is 6.15. The van der Waals surface area contributed by atoms with E-state index in [1.165, 1.54) is 18.4 Å². The fourth-order valence-electron chi connectivity index (χ4n) is 1.87. The Kier molecular flexibility index (Phi) is 5.21. The van der Waals surface area contributed by atoms with E-state index in [0.29, 0.717) is 11.0 Å². The van der Waals surface area contributed by atoms with E-state index in [4.69, 9.17) is 0 Å². The highest BCUT2D eigenvalue weighted by Gasteiger charge is 2.18. The predicted octanol–water partition coefficient (Wildman–Crippen LogP) is 2.78. The lowest BCUT2D eigenvalue weighted by molar-refractivity contribution is 0.0597. The number of aromatic nitrogens is 2. The van der Waals surface area contributed by atoms with Crippen molar-refractivity contribution in [3.8, 4) is 0 Å². The van der Waals surface area contributed by atoms with Gasteiger partial charge < -0.3 is 4.74 Å². The first-order valence-electron chi connectivity index (χ1n) is 6.82. The molecule has 0 radical (unpaired) electrons. The number of ether oxygens (including phenoxy) is 1. The van der Waals surface area contributed by atoms with Gasteiger partial charge in [-0.25, -0.2) is 4.79 Å². The van der Waals surface area contributed by atoms with Gasteiger partial charge in [-0.2, -0.15) is 0 Å². The summed E-state index contributed by atoms with van der Waals surface area (Å²) in [5.74, 6) is -0.492. The summed E-state index contributed by atoms with van der Waals surface area (Å²) in [6.45, 7) is 4.18. The number of carbonyl (C=O) groups excluding carboxylic acids is 2. The average Bonchev–Trinajstić information content (AvgIpc) is 2.92. The van der Waals surface area contributed by atoms with Crippen LogP contribution in [-0.2, 0) is 11.2 Å². The third-order valence-corrected chi connectivity index (χ3v) is 3.71. The fraction of sp³-hybridized carbons (Fsp3) is 0.333. The number of hydrogen-bond donors (Lipinski definition) is 1. The average molecular weight is 319 g/mol. The first-order chi connectivity index (χ1) is 10.5. The summed E-state index contributed by atoms with van der Waals surface area (Å²) in [5.41, 5.74) is 0.462. The molecule has 1 amide bonds. The van der Waals surface area contributed by atoms with Crippen LogP contribution < -0.4 is 5.32 Å². The van der Waals surface area contributed by atoms with E-state index in [9.17, 15) is 9.59 Å². The van der Waals surface area contributed by atoms with Gasteiger partial charge in [0.1, 0.15) is 5.01 Å². The maximum atomic E-state index is 12.3. The van der Waals surface area contributed by atoms with Gasteiger partial charge in [-0.1, -0.05) is 37.3 Å². The molecule has 6 nitrogen and oxygen atoms in total. The molecule has 1 N–H and O–H groups in total. The molecule has 0 fully saturated rings. The Bertz CT molecular complexity index is 682. The van der Waals surface area contributed by atoms with Crippen LogP contribution in [-0.4, -0.2) is 29.2 Å². The lowest BCUT2D eigenvalue weighted by Gasteiger charge is -2.06. The Morgan fingerprint density at radius 1 is 1.23 bits per heavy atom. The minimum absolute atomic E-state index is 0.217. The number of nitrogens with one attached hydrogen (secondary N) is 1. The molecule has 2 rings (SSSR count). The van der Waals surface area contributed by atoms with Crippen LogP contribution in [0.2, 0.25) is 0 Å². The van der Waals surface area contributed by atoms with Crippen LogP contribution in [0.25, 0.3) is 0 Å². The zero-order valence-electron chi connectivity index (χ0n) is 12.6. The second-order valence-electron chi connectivity index (χ2n) is 5.09. The molecular formula is C15H17N3O3S. The molecule has 0 bridgehead atoms. The van der Waals surface area contributed by atoms with Crippen LogP contribution in [0.3, 0.4) is 0 Å². The van der Waals surface area contributed by atoms with Gasteiger partial charge in [0.05, 0.1) is 18.2 Å². The normalized spacial score (nSPS) is 10.5. The van der Waals surface area contributed by atoms with E-state index in [1.807, 2.05) is 0 Å². The SMILES string of the molecule is COC(=O)c1ccccc1C(=O)Nc1nnc(CC(C)C)s1. The molecule has 0 aliphatic carbocycles. The quantitative estimate of drug-likeness (QED) is 0.857. The molecule has 2 aromatic rings. The van der Waals surface area contributed by atoms with Gasteiger partial charge in [-0.15, -0.1) is 10.2 Å². The number of benzene rings is 1. The topological polar surface area (TPSA) is 81.2 Å². The Morgan fingerprint density at radius 3 is 2.55 bits per heavy atom. The maximum Gasteiger partial charge on any atom is 0.338 e. The van der Waals surface area contributed by atoms with Crippen LogP contribution in [0.15, 0.2) is 24.3 Å². The molecule has 0 saturated heterocycles. The smallest absolute Gasteiger partial charge is 0.338 e. The van der Waals surface area contributed by atoms with E-state index in [0.717, 1.165) is 11.4 Å². The van der Waals surface area contributed by atoms with E-state index in [1.54, 1.807) is 24.3 Å². The predicted molar refractivity (Wildman–Crippen MR) is 84.2 cm³/mol. The van der Waals surface area contributed by atoms with Crippen LogP contribution in [0.5, 0.6) is 0 Å². The largest absolute Gasteiger partial charge is 0.465 e. The standard InChI is InChI=1S/C15H17N3O3S/c1-9(2)8-12-17-18-15(22-12)16-13(19)10-6-4-5-7-11(10)14(20)21-3/h4-7,9H,8H2,1-3H3,(H,16,18,19). The third kappa shape index (κ3) is 3.88. The van der Waals surface area contributed by atoms with E-state index < -0.39 is 11.9 Å². The molecule has 116 valence electrons. The highest BCUT2D eigenvalue weighted by Crippen LogP contribution is 2.20. The summed E-state index contributed by atoms with van der Waals surface area (Å²) in [6.07, 6.45) is 0.812. The number of amides is 1. The van der Waals surface area contributed by atoms with Gasteiger partial charge >= 0.3 is 5.97 Å². The first kappa shape index (κ1) is 16.1. The zero-order valence-corrected chi connectivity index (χ0v) is 13.4. The molecule has 0 saturated carbocycles. The van der Waals surface area contributed by atoms with Gasteiger partial charge in [-0.3, -0.25) is 10.1 Å². The van der Waals surface area contributed by atoms with Crippen molar-refractivity contribution >= 4 is 28.3 Å². The molecule has 0 spiro atoms. The molecule has 0 aliphatic heterocycles. The molecule has 1 aromatic heterocycles. The number of methoxy groups -OCH3 is 1. The van der Waals surface area contributed by atoms with Crippen molar-refractivity contribution in [2.45, 2.75) is 20.3 Å². The lowest BCUT2D eigenvalue weighted by atomic mass is 10.1. The van der Waals surface area contributed by atoms with Crippen LogP contribution >= 0.6 is 11.3 Å². The third-order valence-electron chi connectivity index (χ3n) is 2.85. The van der Waals surface area contributed by atoms with Crippen LogP contribution in [0.1, 0.15) is 39.6 Å². The van der Waals surface area contributed by atoms with Crippen LogP contribution in [0, 0.1) is 5.92 Å². The van der Waals surface area contributed by atoms with Crippen molar-refractivity contribution in [1.82, 2.24) is 10.2 Å². The number of anilines is 1. The Hall–Kier alpha value is -2.28. The summed E-state index contributed by atoms with van der Waals surface area (Å²) in [5, 5.41) is 11.9. The lowest BCUT2D eigenvalue weighted by Crippen LogP contribution is -2.17. The summed E-state index contributed by atoms with van der Waals surface area (Å²) >= 11 is 1.33. The van der Waals surface area contributed by atoms with Crippen molar-refractivity contribution in [1.29, 1.82) is 0 Å². The van der Waals surface area contributed by atoms with E-state index >= 15 is 0 Å². The summed E-state index contributed by atoms with van der Waals surface area (Å²) < 4.78 is 4.68. The Morgan fingerprint density at radius 2 is 1.91 bits per heavy atom. The van der Waals surface area contributed by atoms with Gasteiger partial charge in [0.15, 0.2) is 0 Å². The minimum Gasteiger partial charge on any atom is -0.465 e. The number of rotatable bonds is 5. The highest BCUT2D eigenvalue weighted by atomic mass is 32.1. The summed E-state index contributed by atoms with van der Waals surface area (Å²) in [7, 11) is 1.28. The van der Waals surface area contributed by atoms with Crippen molar-refractivity contribution in [2.24, 2.45) is 5.92 Å². The van der Waals surface area contributed by atoms with Gasteiger partial charge in [0.2, 0.25) is 5.13 Å². The zero-order chi connectivity index (χ0) is 16.1. The van der Waals surface area contributed by atoms with Gasteiger partial charge in [-0.05, 0) is 18.1 Å². The molecule has 0 aliphatic rings. The van der Waals surface area contributed by atoms with Crippen molar-refractivity contribution < 1.29 is 14.3 Å². The van der Waals surface area contributed by atoms with Crippen molar-refractivity contribution in [3.63, 3.8) is 0 Å². The monoisotopic (exact) mass is 319 g/mol. The molecule has 0 atom stereocenters. The molecule has 22 heavy (non-hydrogen) atoms. The second kappa shape index (κ2) is 7.13. The summed E-state index contributed by atoms with van der Waals surface area (Å²) in [4.78, 5) is 24.0. The number of carbonyl (C=O) groups is 2. The minimum atomic E-state index is -0.552. The van der Waals surface area contributed by atoms with Crippen LogP contribution in [0.4, 0.5) is 5.13 Å². The Labute approximate surface area is 132 Å². The van der Waals surface area contributed by atoms with Crippen molar-refractivity contribution in [2.75, 3.05) is 12.4 Å². The highest BCUT2D eigenvalue weighted by molar-refractivity contribution is 7.15. The molecule has 1 heterocycles. The molecule has 7 heteroatoms. The Balaban J connectivity index is 2.16. The number of hydrogen-bond acceptors (Lipinski definition) is 6. The summed E-state index contributed by atoms with van der Waals surface area (Å²) in [6, 6.07) is 6.48. The molecular weight excluding hydrogens is 302 g/mol. The first-order valence-corrected chi connectivity index (χ1v) is 7.64. The van der Waals surface area contributed by atoms with E-state index in [2.05, 4.69) is 34.1 Å². The van der Waals surface area contributed by atoms with Crippen molar-refractivity contribution in [3.05, 3.63) is 40.4 Å². The molecule has 0 unspecified atom stereocenters. The van der Waals surface area contributed by atoms with Gasteiger partial charge in [0.25, 0.3) is 5.91 Å².